The minimum Gasteiger partial charge on any atom is -0.496 e. The Morgan fingerprint density at radius 2 is 1.54 bits per heavy atom. The number of nitrogens with zero attached hydrogens (tertiary/aromatic N) is 4. The monoisotopic (exact) mass is 1330 g/mol. The van der Waals surface area contributed by atoms with Crippen molar-refractivity contribution in [2.75, 3.05) is 90.5 Å². The van der Waals surface area contributed by atoms with Crippen LogP contribution in [-0.2, 0) is 60.3 Å². The number of piperidine rings is 1. The molecule has 1 aliphatic carbocycles. The molecular weight excluding hydrogens is 1240 g/mol. The second-order valence-corrected chi connectivity index (χ2v) is 28.1. The fourth-order valence-electron chi connectivity index (χ4n) is 16.2. The lowest BCUT2D eigenvalue weighted by atomic mass is 9.47. The lowest BCUT2D eigenvalue weighted by molar-refractivity contribution is -0.203. The molecule has 28 nitrogen and oxygen atoms in total. The number of benzene rings is 2. The van der Waals surface area contributed by atoms with Crippen molar-refractivity contribution in [3.05, 3.63) is 70.9 Å². The number of esters is 1. The number of aliphatic carboxylic acids is 3. The highest BCUT2D eigenvalue weighted by Crippen LogP contribution is 2.68. The van der Waals surface area contributed by atoms with Gasteiger partial charge in [0.1, 0.15) is 35.4 Å². The Bertz CT molecular complexity index is 3430. The van der Waals surface area contributed by atoms with Crippen LogP contribution in [0.5, 0.6) is 5.75 Å². The Balaban J connectivity index is 0.957. The third kappa shape index (κ3) is 13.1. The first-order valence-corrected chi connectivity index (χ1v) is 34.0. The number of aromatic amines is 1. The molecule has 3 fully saturated rings. The van der Waals surface area contributed by atoms with Crippen LogP contribution >= 0.6 is 21.6 Å². The molecule has 3 aromatic rings. The number of methoxy groups -OCH3 is 2. The van der Waals surface area contributed by atoms with E-state index in [1.807, 2.05) is 67.3 Å². The van der Waals surface area contributed by atoms with Gasteiger partial charge in [-0.05, 0) is 94.1 Å². The lowest BCUT2D eigenvalue weighted by Gasteiger charge is -2.63. The van der Waals surface area contributed by atoms with E-state index in [-0.39, 0.29) is 49.3 Å². The van der Waals surface area contributed by atoms with E-state index in [0.717, 1.165) is 43.6 Å². The molecule has 14 atom stereocenters. The molecule has 1 spiro atoms. The number of nitrogens with two attached hydrogens (primary N) is 2. The first kappa shape index (κ1) is 70.1. The Labute approximate surface area is 546 Å². The molecule has 30 heteroatoms. The summed E-state index contributed by atoms with van der Waals surface area (Å²) in [5, 5.41) is 81.7. The van der Waals surface area contributed by atoms with Gasteiger partial charge in [0.15, 0.2) is 11.6 Å². The maximum Gasteiger partial charge on any atom is 0.327 e. The molecular formula is C63H88N12O16S2. The van der Waals surface area contributed by atoms with Gasteiger partial charge in [-0.3, -0.25) is 48.4 Å². The van der Waals surface area contributed by atoms with Gasteiger partial charge in [-0.25, -0.2) is 4.79 Å². The van der Waals surface area contributed by atoms with Crippen molar-refractivity contribution in [1.82, 2.24) is 41.4 Å². The summed E-state index contributed by atoms with van der Waals surface area (Å²) in [6.45, 7) is 6.83. The van der Waals surface area contributed by atoms with Crippen LogP contribution in [0, 0.1) is 11.3 Å². The van der Waals surface area contributed by atoms with Crippen molar-refractivity contribution in [1.29, 1.82) is 0 Å². The number of para-hydroxylation sites is 1. The van der Waals surface area contributed by atoms with E-state index in [1.165, 1.54) is 14.2 Å². The van der Waals surface area contributed by atoms with Crippen molar-refractivity contribution >= 4 is 91.6 Å². The van der Waals surface area contributed by atoms with Crippen LogP contribution in [-0.4, -0.2) is 238 Å². The number of carbonyl (C=O) groups is 8. The number of aliphatic imine (C=N–C) groups is 1. The number of carbonyl (C=O) groups excluding carboxylic acids is 5. The summed E-state index contributed by atoms with van der Waals surface area (Å²) in [6.07, 6.45) is 3.24. The van der Waals surface area contributed by atoms with Crippen LogP contribution in [0.4, 0.5) is 5.69 Å². The van der Waals surface area contributed by atoms with Gasteiger partial charge in [0.25, 0.3) is 5.91 Å². The summed E-state index contributed by atoms with van der Waals surface area (Å²) in [7, 11) is 8.25. The van der Waals surface area contributed by atoms with Gasteiger partial charge in [0.05, 0.1) is 44.7 Å². The third-order valence-corrected chi connectivity index (χ3v) is 22.7. The highest BCUT2D eigenvalue weighted by atomic mass is 33.1. The number of amides is 4. The quantitative estimate of drug-likeness (QED) is 0.0112. The number of hydrogen-bond acceptors (Lipinski definition) is 20. The van der Waals surface area contributed by atoms with E-state index in [0.29, 0.717) is 93.9 Å². The molecule has 93 heavy (non-hydrogen) atoms. The van der Waals surface area contributed by atoms with E-state index in [2.05, 4.69) is 46.4 Å². The number of hydrogen-bond donors (Lipinski definition) is 14. The van der Waals surface area contributed by atoms with Crippen molar-refractivity contribution < 1.29 is 78.5 Å². The van der Waals surface area contributed by atoms with E-state index in [4.69, 9.17) is 20.9 Å². The summed E-state index contributed by atoms with van der Waals surface area (Å²) >= 11 is 0. The Kier molecular flexibility index (Phi) is 21.4. The van der Waals surface area contributed by atoms with Gasteiger partial charge in [-0.2, -0.15) is 0 Å². The molecule has 5 aliphatic heterocycles. The topological polar surface area (TPSA) is 426 Å². The number of carboxylic acids is 3. The first-order chi connectivity index (χ1) is 44.2. The number of aliphatic hydroxyl groups is 3. The SMILES string of the molecule is CC[C@]1(O)C[C@H]2CN(CCc3c([nH]c4ccccc34)[C@@](C(=O)OC)(c3cc4c(cc3OC)N(C)[C@H]3[C@@](O)(C(=O)NCCSSC[C@H](NC(=O)[C@H](CC(=O)O)NC(=O)[C@H](CC(=O)O)NC(=O)[C@H](CCCN=C(N)N)NC)C(=O)O)[C@H](O)[C@]5(CC)C=CCN6CC[C@]43[C@@H]65)C2)C1. The van der Waals surface area contributed by atoms with Gasteiger partial charge in [-0.15, -0.1) is 0 Å². The molecule has 16 N–H and O–H groups in total. The number of aliphatic hydroxyl groups excluding tert-OH is 1. The van der Waals surface area contributed by atoms with Crippen molar-refractivity contribution in [2.24, 2.45) is 27.8 Å². The largest absolute Gasteiger partial charge is 0.496 e. The summed E-state index contributed by atoms with van der Waals surface area (Å²) < 4.78 is 12.4. The number of likely N-dealkylation sites (N-methyl/N-ethyl adjacent to an activating group) is 2. The molecule has 1 aromatic heterocycles. The molecule has 0 radical (unpaired) electrons. The number of anilines is 1. The predicted octanol–water partition coefficient (Wildman–Crippen LogP) is -0.125. The van der Waals surface area contributed by atoms with Crippen molar-refractivity contribution in [3.8, 4) is 5.75 Å². The summed E-state index contributed by atoms with van der Waals surface area (Å²) in [5.74, 6) is -9.43. The number of H-pyrrole nitrogens is 1. The molecule has 2 aromatic carbocycles. The fraction of sp³-hybridized carbons (Fsp3) is 0.603. The minimum absolute atomic E-state index is 0.0947. The molecule has 6 aliphatic rings. The molecule has 2 bridgehead atoms. The number of rotatable bonds is 28. The number of ether oxygens (including phenoxy) is 2. The average Bonchev–Trinajstić information content (AvgIpc) is 1.51. The van der Waals surface area contributed by atoms with Gasteiger partial charge in [-0.1, -0.05) is 65.8 Å². The van der Waals surface area contributed by atoms with E-state index >= 15 is 9.59 Å². The average molecular weight is 1330 g/mol. The van der Waals surface area contributed by atoms with Gasteiger partial charge in [0.2, 0.25) is 17.7 Å². The fourth-order valence-corrected chi connectivity index (χ4v) is 18.3. The van der Waals surface area contributed by atoms with Crippen molar-refractivity contribution in [3.63, 3.8) is 0 Å². The molecule has 2 saturated heterocycles. The van der Waals surface area contributed by atoms with Gasteiger partial charge < -0.3 is 88.0 Å². The van der Waals surface area contributed by atoms with Gasteiger partial charge in [0, 0.05) is 109 Å². The number of carboxylic acid groups (broad SMARTS) is 3. The summed E-state index contributed by atoms with van der Waals surface area (Å²) in [6, 6.07) is 4.00. The maximum absolute atomic E-state index is 15.6. The van der Waals surface area contributed by atoms with Crippen LogP contribution < -0.4 is 47.7 Å². The number of aromatic nitrogens is 1. The smallest absolute Gasteiger partial charge is 0.327 e. The number of nitrogens with one attached hydrogen (secondary N) is 6. The van der Waals surface area contributed by atoms with Crippen LogP contribution in [0.2, 0.25) is 0 Å². The zero-order valence-electron chi connectivity index (χ0n) is 53.2. The standard InChI is InChI=1S/C63H88N12O16S2/c1-7-59(88)29-34-30-62(57(87)91-6,48-36(16-22-74(31-34)33-59)35-13-9-10-14-39(35)69-48)38-25-37-44(28-45(38)90-5)73(4)54-61(37)18-23-75-21-12-17-60(8-2,53(61)75)55(85)63(54,89)56(86)67-20-24-92-93-32-43(52(83)84)72-51(82)42(27-47(78)79)71-50(81)41(26-46(76)77)70-49(80)40(66-3)15-11-19-68-58(64)65/h9-10,12-14,17,25,28,34,40-43,53-55,66,69,85,88-89H,7-8,11,15-16,18-24,26-27,29-33H2,1-6H3,(H,67,86)(H,70,80)(H,71,81)(H,72,82)(H,76,77)(H,78,79)(H,83,84)(H4,64,65,68)/t34-,40+,41+,42+,43+,53+,54-,55-,59+,60-,61-,62+,63+/m1/s1. The number of fused-ring (bicyclic) bond motifs is 6. The highest BCUT2D eigenvalue weighted by molar-refractivity contribution is 8.76. The van der Waals surface area contributed by atoms with Crippen LogP contribution in [0.25, 0.3) is 10.9 Å². The predicted molar refractivity (Wildman–Crippen MR) is 347 cm³/mol. The van der Waals surface area contributed by atoms with Crippen LogP contribution in [0.3, 0.4) is 0 Å². The Hall–Kier alpha value is -7.19. The van der Waals surface area contributed by atoms with Gasteiger partial charge >= 0.3 is 23.9 Å². The molecule has 4 amide bonds. The van der Waals surface area contributed by atoms with Crippen LogP contribution in [0.1, 0.15) is 94.0 Å². The third-order valence-electron chi connectivity index (χ3n) is 20.2. The van der Waals surface area contributed by atoms with Crippen molar-refractivity contribution in [2.45, 2.75) is 142 Å². The summed E-state index contributed by atoms with van der Waals surface area (Å²) in [5.41, 5.74) is 7.78. The second-order valence-electron chi connectivity index (χ2n) is 25.5. The van der Waals surface area contributed by atoms with E-state index < -0.39 is 130 Å². The summed E-state index contributed by atoms with van der Waals surface area (Å²) in [4.78, 5) is 122. The molecule has 6 heterocycles. The Morgan fingerprint density at radius 1 is 0.860 bits per heavy atom. The molecule has 508 valence electrons. The normalized spacial score (nSPS) is 28.8. The zero-order chi connectivity index (χ0) is 67.5. The lowest BCUT2D eigenvalue weighted by Crippen LogP contribution is -2.81. The Morgan fingerprint density at radius 3 is 2.16 bits per heavy atom. The molecule has 1 saturated carbocycles. The van der Waals surface area contributed by atoms with Crippen LogP contribution in [0.15, 0.2) is 53.5 Å². The zero-order valence-corrected chi connectivity index (χ0v) is 54.8. The second kappa shape index (κ2) is 28.4. The molecule has 1 unspecified atom stereocenters. The highest BCUT2D eigenvalue weighted by Gasteiger charge is 2.79. The molecule has 9 rings (SSSR count). The number of guanidine groups is 1. The van der Waals surface area contributed by atoms with E-state index in [9.17, 15) is 59.4 Å². The first-order valence-electron chi connectivity index (χ1n) is 31.5. The van der Waals surface area contributed by atoms with E-state index in [1.54, 1.807) is 14.2 Å². The minimum atomic E-state index is -2.51. The maximum atomic E-state index is 15.6.